The largest absolute Gasteiger partial charge is 0.208 e. The van der Waals surface area contributed by atoms with E-state index in [0.717, 1.165) is 0 Å². The number of benzene rings is 1. The smallest absolute Gasteiger partial charge is 0.169 e. The van der Waals surface area contributed by atoms with Gasteiger partial charge in [0.15, 0.2) is 12.4 Å². The van der Waals surface area contributed by atoms with Gasteiger partial charge in [0.2, 0.25) is 0 Å². The lowest BCUT2D eigenvalue weighted by Crippen LogP contribution is -2.25. The Labute approximate surface area is 100 Å². The maximum Gasteiger partial charge on any atom is 0.169 e. The molecule has 0 saturated carbocycles. The van der Waals surface area contributed by atoms with Gasteiger partial charge in [0.1, 0.15) is 7.05 Å². The molecular weight excluding hydrogens is 214 g/mol. The van der Waals surface area contributed by atoms with E-state index in [0.29, 0.717) is 0 Å². The topological polar surface area (TPSA) is 3.88 Å². The van der Waals surface area contributed by atoms with Crippen LogP contribution in [-0.2, 0) is 7.05 Å². The van der Waals surface area contributed by atoms with Crippen LogP contribution in [0.4, 0.5) is 0 Å². The van der Waals surface area contributed by atoms with Crippen molar-refractivity contribution in [1.82, 2.24) is 0 Å². The van der Waals surface area contributed by atoms with Crippen molar-refractivity contribution in [3.8, 4) is 0 Å². The van der Waals surface area contributed by atoms with E-state index in [4.69, 9.17) is 0 Å². The number of rotatable bonds is 3. The van der Waals surface area contributed by atoms with Gasteiger partial charge in [-0.25, -0.2) is 4.57 Å². The molecule has 1 heterocycles. The number of pyridine rings is 1. The van der Waals surface area contributed by atoms with Gasteiger partial charge in [-0.2, -0.15) is 0 Å². The van der Waals surface area contributed by atoms with E-state index in [2.05, 4.69) is 47.9 Å². The Morgan fingerprint density at radius 3 is 2.38 bits per heavy atom. The molecule has 0 aliphatic heterocycles. The van der Waals surface area contributed by atoms with Crippen LogP contribution in [-0.4, -0.2) is 0 Å². The van der Waals surface area contributed by atoms with Crippen LogP contribution in [0.25, 0.3) is 6.08 Å². The molecule has 0 fully saturated rings. The number of hydrogen-bond acceptors (Lipinski definition) is 1. The molecule has 16 heavy (non-hydrogen) atoms. The van der Waals surface area contributed by atoms with Crippen molar-refractivity contribution in [2.24, 2.45) is 7.05 Å². The predicted molar refractivity (Wildman–Crippen MR) is 69.0 cm³/mol. The Balaban J connectivity index is 1.98. The summed E-state index contributed by atoms with van der Waals surface area (Å²) in [7, 11) is 2.02. The molecule has 0 aliphatic rings. The molecule has 0 unspecified atom stereocenters. The third-order valence-electron chi connectivity index (χ3n) is 2.21. The van der Waals surface area contributed by atoms with Gasteiger partial charge in [-0.3, -0.25) is 0 Å². The standard InChI is InChI=1S/C14H14NS/c1-15-10-7-13(8-11-15)9-12-16-14-5-3-2-4-6-14/h2-12H,1H3/q+1/b12-9+. The molecule has 0 bridgehead atoms. The number of thioether (sulfide) groups is 1. The van der Waals surface area contributed by atoms with E-state index < -0.39 is 0 Å². The second-order valence-electron chi connectivity index (χ2n) is 3.53. The molecule has 0 aliphatic carbocycles. The summed E-state index contributed by atoms with van der Waals surface area (Å²) in [5, 5.41) is 2.12. The third-order valence-corrected chi connectivity index (χ3v) is 3.03. The van der Waals surface area contributed by atoms with Gasteiger partial charge in [0.25, 0.3) is 0 Å². The van der Waals surface area contributed by atoms with Crippen molar-refractivity contribution < 1.29 is 4.57 Å². The first-order chi connectivity index (χ1) is 7.84. The zero-order chi connectivity index (χ0) is 11.2. The van der Waals surface area contributed by atoms with E-state index in [9.17, 15) is 0 Å². The molecule has 0 saturated heterocycles. The van der Waals surface area contributed by atoms with Crippen LogP contribution in [0.3, 0.4) is 0 Å². The SMILES string of the molecule is C[n+]1ccc(/C=C/Sc2ccccc2)cc1. The zero-order valence-corrected chi connectivity index (χ0v) is 10.0. The monoisotopic (exact) mass is 228 g/mol. The summed E-state index contributed by atoms with van der Waals surface area (Å²) in [4.78, 5) is 1.26. The summed E-state index contributed by atoms with van der Waals surface area (Å²) < 4.78 is 2.03. The lowest BCUT2D eigenvalue weighted by Gasteiger charge is -1.94. The van der Waals surface area contributed by atoms with E-state index in [1.165, 1.54) is 10.5 Å². The lowest BCUT2D eigenvalue weighted by molar-refractivity contribution is -0.671. The van der Waals surface area contributed by atoms with Crippen LogP contribution in [0.15, 0.2) is 65.2 Å². The highest BCUT2D eigenvalue weighted by atomic mass is 32.2. The summed E-state index contributed by atoms with van der Waals surface area (Å²) in [6.07, 6.45) is 6.22. The minimum Gasteiger partial charge on any atom is -0.208 e. The first-order valence-corrected chi connectivity index (χ1v) is 6.06. The van der Waals surface area contributed by atoms with E-state index in [1.54, 1.807) is 11.8 Å². The van der Waals surface area contributed by atoms with Crippen molar-refractivity contribution in [2.45, 2.75) is 4.90 Å². The fourth-order valence-electron chi connectivity index (χ4n) is 1.31. The molecule has 0 N–H and O–H groups in total. The average molecular weight is 228 g/mol. The fraction of sp³-hybridized carbons (Fsp3) is 0.0714. The maximum absolute atomic E-state index is 2.12. The fourth-order valence-corrected chi connectivity index (χ4v) is 2.01. The first-order valence-electron chi connectivity index (χ1n) is 5.18. The molecule has 2 aromatic rings. The highest BCUT2D eigenvalue weighted by molar-refractivity contribution is 8.02. The number of aromatic nitrogens is 1. The lowest BCUT2D eigenvalue weighted by atomic mass is 10.3. The number of hydrogen-bond donors (Lipinski definition) is 0. The van der Waals surface area contributed by atoms with Gasteiger partial charge in [0.05, 0.1) is 0 Å². The molecule has 80 valence electrons. The van der Waals surface area contributed by atoms with Gasteiger partial charge >= 0.3 is 0 Å². The average Bonchev–Trinajstić information content (AvgIpc) is 2.33. The molecule has 0 amide bonds. The Hall–Kier alpha value is -1.54. The van der Waals surface area contributed by atoms with E-state index in [-0.39, 0.29) is 0 Å². The molecule has 1 aromatic heterocycles. The Kier molecular flexibility index (Phi) is 3.78. The van der Waals surface area contributed by atoms with Gasteiger partial charge in [-0.15, -0.1) is 0 Å². The predicted octanol–water partition coefficient (Wildman–Crippen LogP) is 3.27. The Morgan fingerprint density at radius 2 is 1.69 bits per heavy atom. The van der Waals surface area contributed by atoms with E-state index in [1.807, 2.05) is 30.1 Å². The first kappa shape index (κ1) is 11.0. The van der Waals surface area contributed by atoms with Crippen LogP contribution < -0.4 is 4.57 Å². The van der Waals surface area contributed by atoms with Gasteiger partial charge in [-0.05, 0) is 29.2 Å². The van der Waals surface area contributed by atoms with Crippen molar-refractivity contribution in [3.05, 3.63) is 65.8 Å². The number of aryl methyl sites for hydroxylation is 1. The summed E-state index contributed by atoms with van der Waals surface area (Å²) >= 11 is 1.73. The van der Waals surface area contributed by atoms with Gasteiger partial charge in [0, 0.05) is 17.0 Å². The highest BCUT2D eigenvalue weighted by Gasteiger charge is 1.91. The summed E-state index contributed by atoms with van der Waals surface area (Å²) in [5.74, 6) is 0. The van der Waals surface area contributed by atoms with Crippen LogP contribution in [0, 0.1) is 0 Å². The van der Waals surface area contributed by atoms with Gasteiger partial charge < -0.3 is 0 Å². The highest BCUT2D eigenvalue weighted by Crippen LogP contribution is 2.19. The normalized spacial score (nSPS) is 10.8. The van der Waals surface area contributed by atoms with Crippen LogP contribution >= 0.6 is 11.8 Å². The maximum atomic E-state index is 2.12. The summed E-state index contributed by atoms with van der Waals surface area (Å²) in [5.41, 5.74) is 1.22. The van der Waals surface area contributed by atoms with Crippen LogP contribution in [0.5, 0.6) is 0 Å². The molecule has 1 aromatic carbocycles. The Morgan fingerprint density at radius 1 is 1.00 bits per heavy atom. The zero-order valence-electron chi connectivity index (χ0n) is 9.21. The summed E-state index contributed by atoms with van der Waals surface area (Å²) in [6.45, 7) is 0. The molecule has 1 nitrogen and oxygen atoms in total. The molecule has 0 atom stereocenters. The van der Waals surface area contributed by atoms with Crippen molar-refractivity contribution in [1.29, 1.82) is 0 Å². The molecule has 0 radical (unpaired) electrons. The van der Waals surface area contributed by atoms with Crippen LogP contribution in [0.2, 0.25) is 0 Å². The quantitative estimate of drug-likeness (QED) is 0.576. The molecule has 2 rings (SSSR count). The van der Waals surface area contributed by atoms with Crippen LogP contribution in [0.1, 0.15) is 5.56 Å². The van der Waals surface area contributed by atoms with E-state index >= 15 is 0 Å². The second kappa shape index (κ2) is 5.52. The number of nitrogens with zero attached hydrogens (tertiary/aromatic N) is 1. The second-order valence-corrected chi connectivity index (χ2v) is 4.51. The molecule has 0 spiro atoms. The third kappa shape index (κ3) is 3.24. The van der Waals surface area contributed by atoms with Gasteiger partial charge in [-0.1, -0.05) is 30.0 Å². The van der Waals surface area contributed by atoms with Crippen molar-refractivity contribution in [2.75, 3.05) is 0 Å². The minimum atomic E-state index is 1.22. The molecule has 2 heteroatoms. The Bertz CT molecular complexity index is 460. The summed E-state index contributed by atoms with van der Waals surface area (Å²) in [6, 6.07) is 14.6. The van der Waals surface area contributed by atoms with Crippen molar-refractivity contribution >= 4 is 17.8 Å². The minimum absolute atomic E-state index is 1.22. The van der Waals surface area contributed by atoms with Crippen molar-refractivity contribution in [3.63, 3.8) is 0 Å². The molecular formula is C14H14NS+.